The summed E-state index contributed by atoms with van der Waals surface area (Å²) in [7, 11) is 1.70. The van der Waals surface area contributed by atoms with E-state index in [4.69, 9.17) is 15.2 Å². The Morgan fingerprint density at radius 2 is 1.80 bits per heavy atom. The molecule has 106 valence electrons. The van der Waals surface area contributed by atoms with Crippen molar-refractivity contribution in [2.24, 2.45) is 0 Å². The molecule has 0 aliphatic rings. The summed E-state index contributed by atoms with van der Waals surface area (Å²) in [5.41, 5.74) is 7.76. The highest BCUT2D eigenvalue weighted by Crippen LogP contribution is 2.25. The van der Waals surface area contributed by atoms with Crippen LogP contribution in [0, 0.1) is 13.8 Å². The van der Waals surface area contributed by atoms with Crippen LogP contribution in [0.2, 0.25) is 0 Å². The third kappa shape index (κ3) is 3.45. The minimum absolute atomic E-state index is 0.448. The number of nitrogens with zero attached hydrogens (tertiary/aromatic N) is 2. The topological polar surface area (TPSA) is 70.3 Å². The minimum atomic E-state index is 0.448. The van der Waals surface area contributed by atoms with E-state index in [1.54, 1.807) is 14.0 Å². The number of aryl methyl sites for hydroxylation is 1. The maximum absolute atomic E-state index is 5.81. The third-order valence-electron chi connectivity index (χ3n) is 2.98. The van der Waals surface area contributed by atoms with Crippen LogP contribution in [0.4, 0.5) is 5.82 Å². The van der Waals surface area contributed by atoms with Crippen LogP contribution < -0.4 is 10.5 Å². The summed E-state index contributed by atoms with van der Waals surface area (Å²) in [4.78, 5) is 8.36. The maximum atomic E-state index is 5.81. The van der Waals surface area contributed by atoms with Crippen molar-refractivity contribution < 1.29 is 9.47 Å². The largest absolute Gasteiger partial charge is 0.439 e. The van der Waals surface area contributed by atoms with Crippen molar-refractivity contribution in [1.82, 2.24) is 9.97 Å². The predicted molar refractivity (Wildman–Crippen MR) is 78.0 cm³/mol. The molecule has 5 heteroatoms. The van der Waals surface area contributed by atoms with Gasteiger partial charge in [0.2, 0.25) is 5.88 Å². The van der Waals surface area contributed by atoms with Gasteiger partial charge in [-0.1, -0.05) is 12.1 Å². The molecule has 0 saturated heterocycles. The van der Waals surface area contributed by atoms with Crippen molar-refractivity contribution in [3.05, 3.63) is 41.2 Å². The van der Waals surface area contributed by atoms with Gasteiger partial charge in [0.25, 0.3) is 0 Å². The lowest BCUT2D eigenvalue weighted by atomic mass is 10.1. The van der Waals surface area contributed by atoms with E-state index >= 15 is 0 Å². The van der Waals surface area contributed by atoms with Crippen molar-refractivity contribution in [2.75, 3.05) is 19.5 Å². The van der Waals surface area contributed by atoms with Gasteiger partial charge in [-0.25, -0.2) is 4.98 Å². The van der Waals surface area contributed by atoms with E-state index in [-0.39, 0.29) is 0 Å². The molecule has 2 N–H and O–H groups in total. The van der Waals surface area contributed by atoms with Gasteiger partial charge in [0.05, 0.1) is 12.2 Å². The molecule has 0 bridgehead atoms. The molecule has 0 saturated carbocycles. The SMILES string of the molecule is COCCc1ccc(Oc2nc(C)nc(N)c2C)cc1. The molecule has 20 heavy (non-hydrogen) atoms. The first-order chi connectivity index (χ1) is 9.60. The Morgan fingerprint density at radius 3 is 2.45 bits per heavy atom. The highest BCUT2D eigenvalue weighted by atomic mass is 16.5. The van der Waals surface area contributed by atoms with Crippen LogP contribution in [0.15, 0.2) is 24.3 Å². The van der Waals surface area contributed by atoms with Crippen LogP contribution >= 0.6 is 0 Å². The van der Waals surface area contributed by atoms with Crippen LogP contribution in [0.25, 0.3) is 0 Å². The van der Waals surface area contributed by atoms with Gasteiger partial charge >= 0.3 is 0 Å². The van der Waals surface area contributed by atoms with E-state index < -0.39 is 0 Å². The van der Waals surface area contributed by atoms with Gasteiger partial charge in [-0.15, -0.1) is 0 Å². The second-order valence-electron chi connectivity index (χ2n) is 4.58. The second kappa shape index (κ2) is 6.34. The molecule has 1 aromatic heterocycles. The average Bonchev–Trinajstić information content (AvgIpc) is 2.43. The first-order valence-corrected chi connectivity index (χ1v) is 6.46. The third-order valence-corrected chi connectivity index (χ3v) is 2.98. The summed E-state index contributed by atoms with van der Waals surface area (Å²) in [6, 6.07) is 7.86. The quantitative estimate of drug-likeness (QED) is 0.906. The smallest absolute Gasteiger partial charge is 0.227 e. The number of nitrogen functional groups attached to an aromatic ring is 1. The fraction of sp³-hybridized carbons (Fsp3) is 0.333. The number of nitrogens with two attached hydrogens (primary N) is 1. The molecule has 1 aromatic carbocycles. The Hall–Kier alpha value is -2.14. The first kappa shape index (κ1) is 14.3. The molecule has 2 aromatic rings. The highest BCUT2D eigenvalue weighted by molar-refractivity contribution is 5.45. The normalized spacial score (nSPS) is 10.6. The van der Waals surface area contributed by atoms with E-state index in [9.17, 15) is 0 Å². The second-order valence-corrected chi connectivity index (χ2v) is 4.58. The molecular formula is C15H19N3O2. The molecule has 0 amide bonds. The van der Waals surface area contributed by atoms with Crippen molar-refractivity contribution in [2.45, 2.75) is 20.3 Å². The number of rotatable bonds is 5. The van der Waals surface area contributed by atoms with Crippen LogP contribution in [-0.2, 0) is 11.2 Å². The van der Waals surface area contributed by atoms with Crippen LogP contribution in [-0.4, -0.2) is 23.7 Å². The summed E-state index contributed by atoms with van der Waals surface area (Å²) in [6.45, 7) is 4.34. The Bertz CT molecular complexity index is 582. The zero-order valence-corrected chi connectivity index (χ0v) is 12.0. The molecule has 0 unspecified atom stereocenters. The molecule has 0 aliphatic carbocycles. The molecule has 5 nitrogen and oxygen atoms in total. The number of hydrogen-bond donors (Lipinski definition) is 1. The van der Waals surface area contributed by atoms with E-state index in [1.165, 1.54) is 5.56 Å². The van der Waals surface area contributed by atoms with Crippen molar-refractivity contribution in [3.8, 4) is 11.6 Å². The summed E-state index contributed by atoms with van der Waals surface area (Å²) in [6.07, 6.45) is 0.884. The van der Waals surface area contributed by atoms with E-state index in [1.807, 2.05) is 31.2 Å². The van der Waals surface area contributed by atoms with Crippen LogP contribution in [0.3, 0.4) is 0 Å². The van der Waals surface area contributed by atoms with E-state index in [0.717, 1.165) is 17.7 Å². The molecule has 0 aliphatic heterocycles. The van der Waals surface area contributed by atoms with Gasteiger partial charge in [-0.3, -0.25) is 0 Å². The molecule has 0 radical (unpaired) electrons. The lowest BCUT2D eigenvalue weighted by molar-refractivity contribution is 0.202. The van der Waals surface area contributed by atoms with Gasteiger partial charge in [0.15, 0.2) is 0 Å². The Labute approximate surface area is 118 Å². The van der Waals surface area contributed by atoms with Crippen molar-refractivity contribution >= 4 is 5.82 Å². The summed E-state index contributed by atoms with van der Waals surface area (Å²) in [5.74, 6) is 2.27. The average molecular weight is 273 g/mol. The van der Waals surface area contributed by atoms with Crippen molar-refractivity contribution in [1.29, 1.82) is 0 Å². The molecule has 0 fully saturated rings. The van der Waals surface area contributed by atoms with E-state index in [2.05, 4.69) is 9.97 Å². The van der Waals surface area contributed by atoms with E-state index in [0.29, 0.717) is 24.1 Å². The van der Waals surface area contributed by atoms with Gasteiger partial charge in [-0.2, -0.15) is 4.98 Å². The van der Waals surface area contributed by atoms with Crippen LogP contribution in [0.1, 0.15) is 17.0 Å². The van der Waals surface area contributed by atoms with Gasteiger partial charge in [0.1, 0.15) is 17.4 Å². The number of benzene rings is 1. The summed E-state index contributed by atoms with van der Waals surface area (Å²) >= 11 is 0. The monoisotopic (exact) mass is 273 g/mol. The zero-order chi connectivity index (χ0) is 14.5. The number of hydrogen-bond acceptors (Lipinski definition) is 5. The molecular weight excluding hydrogens is 254 g/mol. The van der Waals surface area contributed by atoms with Gasteiger partial charge in [-0.05, 0) is 38.0 Å². The minimum Gasteiger partial charge on any atom is -0.439 e. The first-order valence-electron chi connectivity index (χ1n) is 6.46. The Kier molecular flexibility index (Phi) is 4.53. The molecule has 1 heterocycles. The number of methoxy groups -OCH3 is 1. The van der Waals surface area contributed by atoms with Crippen LogP contribution in [0.5, 0.6) is 11.6 Å². The maximum Gasteiger partial charge on any atom is 0.227 e. The number of aromatic nitrogens is 2. The molecule has 0 spiro atoms. The summed E-state index contributed by atoms with van der Waals surface area (Å²) < 4.78 is 10.8. The molecule has 2 rings (SSSR count). The fourth-order valence-corrected chi connectivity index (χ4v) is 1.78. The number of ether oxygens (including phenoxy) is 2. The predicted octanol–water partition coefficient (Wildman–Crippen LogP) is 2.66. The zero-order valence-electron chi connectivity index (χ0n) is 12.0. The highest BCUT2D eigenvalue weighted by Gasteiger charge is 2.08. The Balaban J connectivity index is 2.14. The lowest BCUT2D eigenvalue weighted by Gasteiger charge is -2.10. The fourth-order valence-electron chi connectivity index (χ4n) is 1.78. The Morgan fingerprint density at radius 1 is 1.10 bits per heavy atom. The molecule has 0 atom stereocenters. The standard InChI is InChI=1S/C15H19N3O2/c1-10-14(16)17-11(2)18-15(10)20-13-6-4-12(5-7-13)8-9-19-3/h4-7H,8-9H2,1-3H3,(H2,16,17,18). The van der Waals surface area contributed by atoms with Gasteiger partial charge in [0, 0.05) is 7.11 Å². The number of anilines is 1. The lowest BCUT2D eigenvalue weighted by Crippen LogP contribution is -2.02. The summed E-state index contributed by atoms with van der Waals surface area (Å²) in [5, 5.41) is 0. The van der Waals surface area contributed by atoms with Gasteiger partial charge < -0.3 is 15.2 Å². The van der Waals surface area contributed by atoms with Crippen molar-refractivity contribution in [3.63, 3.8) is 0 Å².